The highest BCUT2D eigenvalue weighted by atomic mass is 19.1. The molecule has 0 atom stereocenters. The van der Waals surface area contributed by atoms with Crippen LogP contribution < -0.4 is 25.7 Å². The van der Waals surface area contributed by atoms with E-state index >= 15 is 0 Å². The lowest BCUT2D eigenvalue weighted by molar-refractivity contribution is -0.153. The van der Waals surface area contributed by atoms with E-state index in [4.69, 9.17) is 55.8 Å². The highest BCUT2D eigenvalue weighted by Crippen LogP contribution is 2.49. The quantitative estimate of drug-likeness (QED) is 0.0122. The van der Waals surface area contributed by atoms with Crippen LogP contribution in [0.15, 0.2) is 139 Å². The third-order valence-electron chi connectivity index (χ3n) is 15.5. The number of nitrogen functional groups attached to an aromatic ring is 1. The zero-order valence-corrected chi connectivity index (χ0v) is 50.2. The number of esters is 3. The molecule has 6 heterocycles. The third kappa shape index (κ3) is 16.1. The lowest BCUT2D eigenvalue weighted by atomic mass is 10.0. The molecule has 6 aromatic heterocycles. The number of nitriles is 1. The number of nitrogens with zero attached hydrogens (tertiary/aromatic N) is 8. The third-order valence-corrected chi connectivity index (χ3v) is 15.5. The van der Waals surface area contributed by atoms with Crippen molar-refractivity contribution in [3.63, 3.8) is 0 Å². The Morgan fingerprint density at radius 2 is 0.912 bits per heavy atom. The number of pyridine rings is 6. The number of rotatable bonds is 22. The summed E-state index contributed by atoms with van der Waals surface area (Å²) in [7, 11) is 0. The molecular weight excluding hydrogens is 1180 g/mol. The summed E-state index contributed by atoms with van der Waals surface area (Å²) < 4.78 is 75.5. The summed E-state index contributed by atoms with van der Waals surface area (Å²) in [5, 5.41) is 27.6. The van der Waals surface area contributed by atoms with Gasteiger partial charge in [-0.05, 0) is 112 Å². The molecular formula is C67H64F3N11O10. The smallest absolute Gasteiger partial charge is 0.315 e. The Labute approximate surface area is 521 Å². The number of halogens is 3. The molecule has 0 unspecified atom stereocenters. The number of aryl methyl sites for hydroxylation is 3. The molecule has 0 bridgehead atoms. The maximum atomic E-state index is 14.3. The SMILES string of the molecule is CCOC(=O)C1(COc2cc(C)c(-c3cnc(C(=N)N)c(F)c3)cn2)CC1.Cc1cc(OCC2(C(=O)OCc3ccccc3)CC2)ncc1-c1cnc(C#N)c(F)c1.Cc1cc(OCC2(C(=O)OCc3ccccc3)CC2)ncc1-c1cnc(C(N)=NO)c(F)c1. The fourth-order valence-electron chi connectivity index (χ4n) is 9.35. The van der Waals surface area contributed by atoms with Gasteiger partial charge in [-0.15, -0.1) is 0 Å². The number of hydrogen-bond acceptors (Lipinski definition) is 19. The highest BCUT2D eigenvalue weighted by Gasteiger charge is 2.54. The minimum Gasteiger partial charge on any atom is -0.476 e. The van der Waals surface area contributed by atoms with Crippen molar-refractivity contribution in [3.8, 4) is 57.1 Å². The van der Waals surface area contributed by atoms with Crippen LogP contribution in [0.25, 0.3) is 33.4 Å². The normalized spacial score (nSPS) is 14.3. The van der Waals surface area contributed by atoms with E-state index in [1.54, 1.807) is 49.8 Å². The first-order valence-corrected chi connectivity index (χ1v) is 28.9. The summed E-state index contributed by atoms with van der Waals surface area (Å²) >= 11 is 0. The molecule has 21 nitrogen and oxygen atoms in total. The van der Waals surface area contributed by atoms with Crippen LogP contribution in [0.4, 0.5) is 13.2 Å². The van der Waals surface area contributed by atoms with Crippen LogP contribution in [0.2, 0.25) is 0 Å². The van der Waals surface area contributed by atoms with Gasteiger partial charge in [0.05, 0.1) is 6.61 Å². The number of amidine groups is 2. The molecule has 3 saturated carbocycles. The molecule has 11 rings (SSSR count). The number of aromatic nitrogens is 6. The van der Waals surface area contributed by atoms with Crippen molar-refractivity contribution in [3.05, 3.63) is 197 Å². The van der Waals surface area contributed by atoms with Crippen molar-refractivity contribution in [1.29, 1.82) is 10.7 Å². The van der Waals surface area contributed by atoms with Crippen LogP contribution in [0.3, 0.4) is 0 Å². The van der Waals surface area contributed by atoms with Gasteiger partial charge < -0.3 is 45.1 Å². The summed E-state index contributed by atoms with van der Waals surface area (Å²) in [6.07, 6.45) is 13.3. The van der Waals surface area contributed by atoms with Gasteiger partial charge in [-0.2, -0.15) is 5.26 Å². The number of nitrogens with two attached hydrogens (primary N) is 2. The molecule has 3 aliphatic carbocycles. The Balaban J connectivity index is 0.000000162. The van der Waals surface area contributed by atoms with Gasteiger partial charge in [0.15, 0.2) is 29.0 Å². The van der Waals surface area contributed by atoms with Crippen LogP contribution in [0.5, 0.6) is 17.6 Å². The number of carbonyl (C=O) groups is 3. The van der Waals surface area contributed by atoms with Crippen LogP contribution in [-0.4, -0.2) is 91.1 Å². The predicted molar refractivity (Wildman–Crippen MR) is 325 cm³/mol. The molecule has 3 aliphatic rings. The fourth-order valence-corrected chi connectivity index (χ4v) is 9.35. The van der Waals surface area contributed by atoms with Crippen LogP contribution in [-0.2, 0) is 41.8 Å². The monoisotopic (exact) mass is 1240 g/mol. The molecule has 0 spiro atoms. The van der Waals surface area contributed by atoms with E-state index in [0.717, 1.165) is 40.7 Å². The summed E-state index contributed by atoms with van der Waals surface area (Å²) in [4.78, 5) is 61.5. The average Bonchev–Trinajstić information content (AvgIpc) is 1.93. The summed E-state index contributed by atoms with van der Waals surface area (Å²) in [6, 6.07) is 29.7. The summed E-state index contributed by atoms with van der Waals surface area (Å²) in [6.45, 7) is 8.71. The van der Waals surface area contributed by atoms with Gasteiger partial charge in [0, 0.05) is 88.8 Å². The van der Waals surface area contributed by atoms with Crippen LogP contribution >= 0.6 is 0 Å². The van der Waals surface area contributed by atoms with Gasteiger partial charge in [0.1, 0.15) is 72.6 Å². The van der Waals surface area contributed by atoms with E-state index in [9.17, 15) is 27.6 Å². The van der Waals surface area contributed by atoms with E-state index < -0.39 is 45.4 Å². The molecule has 24 heteroatoms. The second-order valence-electron chi connectivity index (χ2n) is 22.2. The van der Waals surface area contributed by atoms with Gasteiger partial charge in [0.25, 0.3) is 0 Å². The van der Waals surface area contributed by atoms with E-state index in [0.29, 0.717) is 83.3 Å². The number of ether oxygens (including phenoxy) is 6. The Morgan fingerprint density at radius 1 is 0.549 bits per heavy atom. The molecule has 0 amide bonds. The first-order chi connectivity index (χ1) is 43.8. The van der Waals surface area contributed by atoms with E-state index in [1.165, 1.54) is 36.8 Å². The maximum absolute atomic E-state index is 14.3. The lowest BCUT2D eigenvalue weighted by Gasteiger charge is -2.16. The number of hydrogen-bond donors (Lipinski definition) is 4. The first-order valence-electron chi connectivity index (χ1n) is 28.9. The van der Waals surface area contributed by atoms with Gasteiger partial charge in [-0.1, -0.05) is 65.8 Å². The highest BCUT2D eigenvalue weighted by molar-refractivity contribution is 5.96. The van der Waals surface area contributed by atoms with Crippen molar-refractivity contribution >= 4 is 29.6 Å². The molecule has 468 valence electrons. The minimum absolute atomic E-state index is 0.178. The van der Waals surface area contributed by atoms with E-state index in [2.05, 4.69) is 35.1 Å². The average molecular weight is 1240 g/mol. The van der Waals surface area contributed by atoms with Crippen LogP contribution in [0, 0.1) is 71.2 Å². The lowest BCUT2D eigenvalue weighted by Crippen LogP contribution is -2.26. The standard InChI is InChI=1S/C24H23FN4O4.C24H20FN3O3.C19H21FN4O3/c1-15-9-20(27-12-18(15)17-10-19(25)21(28-11-17)22(26)29-31)33-14-24(7-8-24)23(30)32-13-16-5-3-2-4-6-16;1-16-9-22(28-13-19(16)18-10-20(25)21(11-26)27-12-18)31-15-24(7-8-24)23(29)30-14-17-5-3-2-4-6-17;1-3-26-18(25)19(4-5-19)10-27-15-6-11(2)13(9-23-15)12-7-14(20)16(17(21)22)24-8-12/h2-6,9-12,31H,7-8,13-14H2,1H3,(H2,26,29);2-6,9-10,12-13H,7-8,14-15H2,1H3;6-9H,3-5,10H2,1-2H3,(H3,21,22). The van der Waals surface area contributed by atoms with Crippen LogP contribution in [0.1, 0.15) is 90.3 Å². The van der Waals surface area contributed by atoms with Crippen molar-refractivity contribution in [1.82, 2.24) is 29.9 Å². The van der Waals surface area contributed by atoms with Crippen molar-refractivity contribution in [2.75, 3.05) is 26.4 Å². The Bertz CT molecular complexity index is 4070. The second-order valence-corrected chi connectivity index (χ2v) is 22.2. The molecule has 2 aromatic carbocycles. The fraction of sp³-hybridized carbons (Fsp3) is 0.284. The maximum Gasteiger partial charge on any atom is 0.315 e. The topological polar surface area (TPSA) is 316 Å². The Hall–Kier alpha value is -10.8. The molecule has 8 aromatic rings. The molecule has 6 N–H and O–H groups in total. The van der Waals surface area contributed by atoms with Gasteiger partial charge in [-0.25, -0.2) is 43.1 Å². The van der Waals surface area contributed by atoms with E-state index in [1.807, 2.05) is 81.4 Å². The van der Waals surface area contributed by atoms with Gasteiger partial charge >= 0.3 is 17.9 Å². The van der Waals surface area contributed by atoms with Crippen molar-refractivity contribution < 1.29 is 61.2 Å². The zero-order chi connectivity index (χ0) is 64.9. The Kier molecular flexibility index (Phi) is 20.3. The molecule has 3 fully saturated rings. The number of carbonyl (C=O) groups excluding carboxylic acids is 3. The number of benzene rings is 2. The summed E-state index contributed by atoms with van der Waals surface area (Å²) in [5.41, 5.74) is 16.1. The molecule has 91 heavy (non-hydrogen) atoms. The first kappa shape index (κ1) is 64.6. The molecule has 0 saturated heterocycles. The molecule has 0 aliphatic heterocycles. The predicted octanol–water partition coefficient (Wildman–Crippen LogP) is 10.6. The number of oxime groups is 1. The van der Waals surface area contributed by atoms with Gasteiger partial charge in [-0.3, -0.25) is 19.8 Å². The van der Waals surface area contributed by atoms with Crippen molar-refractivity contribution in [2.45, 2.75) is 79.4 Å². The van der Waals surface area contributed by atoms with Crippen molar-refractivity contribution in [2.24, 2.45) is 32.9 Å². The van der Waals surface area contributed by atoms with E-state index in [-0.39, 0.29) is 68.0 Å². The largest absolute Gasteiger partial charge is 0.476 e. The second kappa shape index (κ2) is 28.6. The minimum atomic E-state index is -0.716. The number of nitrogens with one attached hydrogen (secondary N) is 1. The Morgan fingerprint density at radius 3 is 1.23 bits per heavy atom. The zero-order valence-electron chi connectivity index (χ0n) is 50.2. The van der Waals surface area contributed by atoms with Gasteiger partial charge in [0.2, 0.25) is 17.6 Å². The summed E-state index contributed by atoms with van der Waals surface area (Å²) in [5.74, 6) is -2.52. The molecule has 0 radical (unpaired) electrons.